The van der Waals surface area contributed by atoms with Crippen molar-refractivity contribution in [1.82, 2.24) is 9.80 Å². The van der Waals surface area contributed by atoms with Gasteiger partial charge in [0.25, 0.3) is 0 Å². The lowest BCUT2D eigenvalue weighted by Crippen LogP contribution is -2.45. The molecule has 0 unspecified atom stereocenters. The molecule has 0 N–H and O–H groups in total. The Kier molecular flexibility index (Phi) is 7.18. The maximum Gasteiger partial charge on any atom is 0.129 e. The minimum absolute atomic E-state index is 0.708. The van der Waals surface area contributed by atoms with E-state index in [-0.39, 0.29) is 0 Å². The molecule has 5 heteroatoms. The molecule has 0 amide bonds. The zero-order valence-electron chi connectivity index (χ0n) is 17.5. The smallest absolute Gasteiger partial charge is 0.129 e. The Morgan fingerprint density at radius 1 is 0.821 bits per heavy atom. The molecule has 0 spiro atoms. The van der Waals surface area contributed by atoms with Gasteiger partial charge in [-0.2, -0.15) is 0 Å². The molecule has 0 bridgehead atoms. The van der Waals surface area contributed by atoms with Crippen molar-refractivity contribution in [3.05, 3.63) is 53.1 Å². The van der Waals surface area contributed by atoms with Crippen LogP contribution in [0.2, 0.25) is 0 Å². The average molecular weight is 385 g/mol. The predicted molar refractivity (Wildman–Crippen MR) is 112 cm³/mol. The fourth-order valence-corrected chi connectivity index (χ4v) is 3.82. The average Bonchev–Trinajstić information content (AvgIpc) is 2.71. The molecule has 152 valence electrons. The summed E-state index contributed by atoms with van der Waals surface area (Å²) in [5.41, 5.74) is 3.63. The van der Waals surface area contributed by atoms with Crippen LogP contribution in [0.25, 0.3) is 0 Å². The monoisotopic (exact) mass is 384 g/mol. The number of hydrogen-bond acceptors (Lipinski definition) is 5. The fourth-order valence-electron chi connectivity index (χ4n) is 3.82. The fraction of sp³-hybridized carbons (Fsp3) is 0.478. The molecule has 1 aliphatic rings. The van der Waals surface area contributed by atoms with Crippen molar-refractivity contribution in [3.8, 4) is 17.2 Å². The Morgan fingerprint density at radius 2 is 1.46 bits per heavy atom. The Hall–Kier alpha value is -2.24. The highest BCUT2D eigenvalue weighted by molar-refractivity contribution is 5.49. The van der Waals surface area contributed by atoms with Crippen LogP contribution in [0.15, 0.2) is 36.4 Å². The lowest BCUT2D eigenvalue weighted by atomic mass is 10.1. The molecule has 5 nitrogen and oxygen atoms in total. The number of hydrogen-bond donors (Lipinski definition) is 0. The van der Waals surface area contributed by atoms with Gasteiger partial charge in [-0.05, 0) is 37.6 Å². The van der Waals surface area contributed by atoms with Gasteiger partial charge in [0, 0.05) is 50.4 Å². The highest BCUT2D eigenvalue weighted by Crippen LogP contribution is 2.32. The van der Waals surface area contributed by atoms with Gasteiger partial charge in [-0.3, -0.25) is 9.80 Å². The van der Waals surface area contributed by atoms with Crippen molar-refractivity contribution in [3.63, 3.8) is 0 Å². The predicted octanol–water partition coefficient (Wildman–Crippen LogP) is 3.73. The van der Waals surface area contributed by atoms with Crippen LogP contribution in [0.3, 0.4) is 0 Å². The van der Waals surface area contributed by atoms with Crippen molar-refractivity contribution in [2.24, 2.45) is 0 Å². The maximum absolute atomic E-state index is 5.66. The lowest BCUT2D eigenvalue weighted by molar-refractivity contribution is 0.121. The van der Waals surface area contributed by atoms with Crippen molar-refractivity contribution < 1.29 is 14.2 Å². The molecular formula is C23H32N2O3. The molecule has 1 aliphatic heterocycles. The topological polar surface area (TPSA) is 34.2 Å². The largest absolute Gasteiger partial charge is 0.496 e. The standard InChI is InChI=1S/C23H32N2O3/c1-5-28-21-9-6-19(7-10-21)16-24-12-14-25(15-13-24)17-20-8-11-22(26-3)18(2)23(20)27-4/h6-11H,5,12-17H2,1-4H3. The molecule has 3 rings (SSSR count). The van der Waals surface area contributed by atoms with E-state index in [1.807, 2.05) is 13.0 Å². The van der Waals surface area contributed by atoms with Crippen molar-refractivity contribution in [2.75, 3.05) is 47.0 Å². The highest BCUT2D eigenvalue weighted by Gasteiger charge is 2.19. The van der Waals surface area contributed by atoms with Gasteiger partial charge in [0.1, 0.15) is 17.2 Å². The third-order valence-corrected chi connectivity index (χ3v) is 5.36. The van der Waals surface area contributed by atoms with Crippen LogP contribution in [0.5, 0.6) is 17.2 Å². The van der Waals surface area contributed by atoms with Crippen molar-refractivity contribution >= 4 is 0 Å². The first-order valence-electron chi connectivity index (χ1n) is 10.0. The van der Waals surface area contributed by atoms with Crippen LogP contribution < -0.4 is 14.2 Å². The molecule has 0 aliphatic carbocycles. The van der Waals surface area contributed by atoms with E-state index in [9.17, 15) is 0 Å². The third-order valence-electron chi connectivity index (χ3n) is 5.36. The quantitative estimate of drug-likeness (QED) is 0.693. The van der Waals surface area contributed by atoms with Crippen LogP contribution in [0.4, 0.5) is 0 Å². The van der Waals surface area contributed by atoms with Crippen LogP contribution in [0, 0.1) is 6.92 Å². The van der Waals surface area contributed by atoms with Crippen LogP contribution in [-0.4, -0.2) is 56.8 Å². The van der Waals surface area contributed by atoms with Gasteiger partial charge in [0.15, 0.2) is 0 Å². The number of ether oxygens (including phenoxy) is 3. The minimum Gasteiger partial charge on any atom is -0.496 e. The van der Waals surface area contributed by atoms with E-state index in [0.717, 1.165) is 62.1 Å². The van der Waals surface area contributed by atoms with Crippen LogP contribution >= 0.6 is 0 Å². The first-order chi connectivity index (χ1) is 13.6. The van der Waals surface area contributed by atoms with Crippen molar-refractivity contribution in [2.45, 2.75) is 26.9 Å². The summed E-state index contributed by atoms with van der Waals surface area (Å²) in [6, 6.07) is 12.6. The van der Waals surface area contributed by atoms with Gasteiger partial charge in [0.05, 0.1) is 20.8 Å². The summed E-state index contributed by atoms with van der Waals surface area (Å²) in [4.78, 5) is 5.02. The Labute approximate surface area is 168 Å². The normalized spacial score (nSPS) is 15.4. The van der Waals surface area contributed by atoms with E-state index in [1.165, 1.54) is 11.1 Å². The van der Waals surface area contributed by atoms with Gasteiger partial charge < -0.3 is 14.2 Å². The SMILES string of the molecule is CCOc1ccc(CN2CCN(Cc3ccc(OC)c(C)c3OC)CC2)cc1. The summed E-state index contributed by atoms with van der Waals surface area (Å²) in [7, 11) is 3.44. The number of rotatable bonds is 8. The zero-order chi connectivity index (χ0) is 19.9. The lowest BCUT2D eigenvalue weighted by Gasteiger charge is -2.35. The minimum atomic E-state index is 0.708. The zero-order valence-corrected chi connectivity index (χ0v) is 17.5. The summed E-state index contributed by atoms with van der Waals surface area (Å²) in [6.45, 7) is 10.9. The van der Waals surface area contributed by atoms with E-state index in [0.29, 0.717) is 6.61 Å². The maximum atomic E-state index is 5.66. The third kappa shape index (κ3) is 4.97. The molecule has 1 saturated heterocycles. The van der Waals surface area contributed by atoms with E-state index in [1.54, 1.807) is 14.2 Å². The number of nitrogens with zero attached hydrogens (tertiary/aromatic N) is 2. The van der Waals surface area contributed by atoms with Gasteiger partial charge in [-0.1, -0.05) is 18.2 Å². The molecular weight excluding hydrogens is 352 g/mol. The van der Waals surface area contributed by atoms with Gasteiger partial charge in [-0.15, -0.1) is 0 Å². The molecule has 1 fully saturated rings. The Balaban J connectivity index is 1.53. The second kappa shape index (κ2) is 9.80. The van der Waals surface area contributed by atoms with Crippen LogP contribution in [0.1, 0.15) is 23.6 Å². The van der Waals surface area contributed by atoms with E-state index in [2.05, 4.69) is 47.1 Å². The summed E-state index contributed by atoms with van der Waals surface area (Å²) >= 11 is 0. The summed E-state index contributed by atoms with van der Waals surface area (Å²) < 4.78 is 16.6. The molecule has 0 atom stereocenters. The molecule has 2 aromatic carbocycles. The van der Waals surface area contributed by atoms with Gasteiger partial charge >= 0.3 is 0 Å². The summed E-state index contributed by atoms with van der Waals surface area (Å²) in [5.74, 6) is 2.76. The molecule has 1 heterocycles. The second-order valence-electron chi connectivity index (χ2n) is 7.21. The van der Waals surface area contributed by atoms with Gasteiger partial charge in [-0.25, -0.2) is 0 Å². The molecule has 2 aromatic rings. The Morgan fingerprint density at radius 3 is 2.04 bits per heavy atom. The first-order valence-corrected chi connectivity index (χ1v) is 10.0. The Bertz CT molecular complexity index is 753. The molecule has 0 aromatic heterocycles. The summed E-state index contributed by atoms with van der Waals surface area (Å²) in [6.07, 6.45) is 0. The number of benzene rings is 2. The highest BCUT2D eigenvalue weighted by atomic mass is 16.5. The van der Waals surface area contributed by atoms with E-state index < -0.39 is 0 Å². The molecule has 0 radical (unpaired) electrons. The molecule has 28 heavy (non-hydrogen) atoms. The van der Waals surface area contributed by atoms with E-state index in [4.69, 9.17) is 14.2 Å². The first kappa shape index (κ1) is 20.5. The van der Waals surface area contributed by atoms with E-state index >= 15 is 0 Å². The second-order valence-corrected chi connectivity index (χ2v) is 7.21. The number of methoxy groups -OCH3 is 2. The van der Waals surface area contributed by atoms with Crippen molar-refractivity contribution in [1.29, 1.82) is 0 Å². The van der Waals surface area contributed by atoms with Crippen LogP contribution in [-0.2, 0) is 13.1 Å². The van der Waals surface area contributed by atoms with Gasteiger partial charge in [0.2, 0.25) is 0 Å². The molecule has 0 saturated carbocycles. The summed E-state index contributed by atoms with van der Waals surface area (Å²) in [5, 5.41) is 0. The number of piperazine rings is 1.